The maximum Gasteiger partial charge on any atom is 0.255 e. The van der Waals surface area contributed by atoms with Crippen molar-refractivity contribution in [2.75, 3.05) is 16.8 Å². The van der Waals surface area contributed by atoms with E-state index in [1.54, 1.807) is 0 Å². The number of anilines is 2. The zero-order valence-electron chi connectivity index (χ0n) is 13.8. The summed E-state index contributed by atoms with van der Waals surface area (Å²) >= 11 is 0. The van der Waals surface area contributed by atoms with Crippen LogP contribution in [0.1, 0.15) is 40.4 Å². The maximum atomic E-state index is 12.6. The molecule has 2 aromatic rings. The number of nitrogens with zero attached hydrogens (tertiary/aromatic N) is 1. The molecule has 0 atom stereocenters. The molecule has 2 aromatic carbocycles. The lowest BCUT2D eigenvalue weighted by atomic mass is 9.96. The lowest BCUT2D eigenvalue weighted by Gasteiger charge is -2.25. The molecule has 2 aliphatic rings. The van der Waals surface area contributed by atoms with Crippen LogP contribution in [0.5, 0.6) is 0 Å². The van der Waals surface area contributed by atoms with Gasteiger partial charge in [0.15, 0.2) is 0 Å². The van der Waals surface area contributed by atoms with Crippen LogP contribution < -0.4 is 10.2 Å². The molecule has 0 aromatic heterocycles. The van der Waals surface area contributed by atoms with Gasteiger partial charge in [0, 0.05) is 24.2 Å². The van der Waals surface area contributed by atoms with Gasteiger partial charge in [0.2, 0.25) is 5.91 Å². The van der Waals surface area contributed by atoms with Gasteiger partial charge in [-0.25, -0.2) is 0 Å². The molecule has 24 heavy (non-hydrogen) atoms. The highest BCUT2D eigenvalue weighted by atomic mass is 16.2. The van der Waals surface area contributed by atoms with Crippen LogP contribution in [-0.2, 0) is 24.1 Å². The Morgan fingerprint density at radius 2 is 1.79 bits per heavy atom. The van der Waals surface area contributed by atoms with Gasteiger partial charge >= 0.3 is 0 Å². The lowest BCUT2D eigenvalue weighted by molar-refractivity contribution is -0.118. The Bertz CT molecular complexity index is 824. The van der Waals surface area contributed by atoms with E-state index in [0.717, 1.165) is 48.3 Å². The van der Waals surface area contributed by atoms with Gasteiger partial charge in [0.25, 0.3) is 5.91 Å². The van der Waals surface area contributed by atoms with Crippen LogP contribution in [0.15, 0.2) is 36.4 Å². The van der Waals surface area contributed by atoms with Gasteiger partial charge in [-0.05, 0) is 60.2 Å². The van der Waals surface area contributed by atoms with Gasteiger partial charge in [-0.1, -0.05) is 19.1 Å². The summed E-state index contributed by atoms with van der Waals surface area (Å²) in [5.74, 6) is 0.114. The maximum absolute atomic E-state index is 12.6. The van der Waals surface area contributed by atoms with Crippen LogP contribution in [0.3, 0.4) is 0 Å². The lowest BCUT2D eigenvalue weighted by Crippen LogP contribution is -2.33. The van der Waals surface area contributed by atoms with Crippen LogP contribution in [0.2, 0.25) is 0 Å². The van der Waals surface area contributed by atoms with Gasteiger partial charge < -0.3 is 10.2 Å². The highest BCUT2D eigenvalue weighted by Gasteiger charge is 2.31. The highest BCUT2D eigenvalue weighted by Crippen LogP contribution is 2.37. The first kappa shape index (κ1) is 14.9. The molecule has 0 spiro atoms. The Morgan fingerprint density at radius 3 is 2.50 bits per heavy atom. The molecule has 4 nitrogen and oxygen atoms in total. The standard InChI is InChI=1S/C20H20N2O2/c1-2-13-3-6-17(7-4-13)21-20(24)16-11-14-5-8-18(23)22-10-9-15(12-16)19(14)22/h3-4,6-7,11-12H,2,5,8-10H2,1H3,(H,21,24). The summed E-state index contributed by atoms with van der Waals surface area (Å²) in [5, 5.41) is 2.97. The van der Waals surface area contributed by atoms with Crippen molar-refractivity contribution in [2.24, 2.45) is 0 Å². The van der Waals surface area contributed by atoms with Crippen molar-refractivity contribution < 1.29 is 9.59 Å². The monoisotopic (exact) mass is 320 g/mol. The third-order valence-corrected chi connectivity index (χ3v) is 4.93. The van der Waals surface area contributed by atoms with Crippen molar-refractivity contribution in [3.8, 4) is 0 Å². The van der Waals surface area contributed by atoms with Crippen LogP contribution in [0.4, 0.5) is 11.4 Å². The Morgan fingerprint density at radius 1 is 1.08 bits per heavy atom. The molecule has 0 aliphatic carbocycles. The smallest absolute Gasteiger partial charge is 0.255 e. The third-order valence-electron chi connectivity index (χ3n) is 4.93. The molecule has 0 radical (unpaired) electrons. The van der Waals surface area contributed by atoms with E-state index in [2.05, 4.69) is 12.2 Å². The minimum atomic E-state index is -0.0892. The molecule has 1 N–H and O–H groups in total. The van der Waals surface area contributed by atoms with Crippen LogP contribution in [0, 0.1) is 0 Å². The first-order valence-corrected chi connectivity index (χ1v) is 8.52. The van der Waals surface area contributed by atoms with Crippen molar-refractivity contribution in [3.05, 3.63) is 58.7 Å². The van der Waals surface area contributed by atoms with E-state index in [0.29, 0.717) is 12.0 Å². The Kier molecular flexibility index (Phi) is 3.60. The molecule has 2 amide bonds. The summed E-state index contributed by atoms with van der Waals surface area (Å²) in [4.78, 5) is 26.5. The number of aryl methyl sites for hydroxylation is 2. The number of hydrogen-bond acceptors (Lipinski definition) is 2. The van der Waals surface area contributed by atoms with Crippen molar-refractivity contribution in [2.45, 2.75) is 32.6 Å². The van der Waals surface area contributed by atoms with Gasteiger partial charge in [-0.3, -0.25) is 9.59 Å². The third kappa shape index (κ3) is 2.48. The van der Waals surface area contributed by atoms with Crippen molar-refractivity contribution in [1.82, 2.24) is 0 Å². The molecule has 4 heteroatoms. The summed E-state index contributed by atoms with van der Waals surface area (Å²) in [6.07, 6.45) is 3.08. The normalized spacial score (nSPS) is 15.4. The van der Waals surface area contributed by atoms with E-state index in [-0.39, 0.29) is 11.8 Å². The van der Waals surface area contributed by atoms with Crippen LogP contribution in [0.25, 0.3) is 0 Å². The van der Waals surface area contributed by atoms with Crippen LogP contribution in [-0.4, -0.2) is 18.4 Å². The average Bonchev–Trinajstić information content (AvgIpc) is 3.04. The molecule has 0 unspecified atom stereocenters. The van der Waals surface area contributed by atoms with Crippen molar-refractivity contribution in [1.29, 1.82) is 0 Å². The topological polar surface area (TPSA) is 49.4 Å². The molecule has 122 valence electrons. The second-order valence-electron chi connectivity index (χ2n) is 6.44. The fourth-order valence-electron chi connectivity index (χ4n) is 3.62. The van der Waals surface area contributed by atoms with E-state index in [9.17, 15) is 9.59 Å². The fraction of sp³-hybridized carbons (Fsp3) is 0.300. The van der Waals surface area contributed by atoms with E-state index < -0.39 is 0 Å². The number of carbonyl (C=O) groups excluding carboxylic acids is 2. The Hall–Kier alpha value is -2.62. The number of rotatable bonds is 3. The first-order chi connectivity index (χ1) is 11.7. The SMILES string of the molecule is CCc1ccc(NC(=O)c2cc3c4c(c2)CCN4C(=O)CC3)cc1. The molecule has 2 aliphatic heterocycles. The van der Waals surface area contributed by atoms with Crippen molar-refractivity contribution in [3.63, 3.8) is 0 Å². The molecule has 2 heterocycles. The molecular weight excluding hydrogens is 300 g/mol. The minimum absolute atomic E-state index is 0.0892. The molecular formula is C20H20N2O2. The molecule has 0 fully saturated rings. The van der Waals surface area contributed by atoms with Gasteiger partial charge in [0.05, 0.1) is 5.69 Å². The van der Waals surface area contributed by atoms with Crippen molar-refractivity contribution >= 4 is 23.2 Å². The molecule has 4 rings (SSSR count). The zero-order valence-corrected chi connectivity index (χ0v) is 13.8. The molecule has 0 bridgehead atoms. The Balaban J connectivity index is 1.60. The average molecular weight is 320 g/mol. The number of benzene rings is 2. The fourth-order valence-corrected chi connectivity index (χ4v) is 3.62. The van der Waals surface area contributed by atoms with E-state index in [1.807, 2.05) is 41.3 Å². The minimum Gasteiger partial charge on any atom is -0.322 e. The predicted octanol–water partition coefficient (Wildman–Crippen LogP) is 3.34. The largest absolute Gasteiger partial charge is 0.322 e. The number of hydrogen-bond donors (Lipinski definition) is 1. The zero-order chi connectivity index (χ0) is 16.7. The van der Waals surface area contributed by atoms with Crippen LogP contribution >= 0.6 is 0 Å². The van der Waals surface area contributed by atoms with Gasteiger partial charge in [-0.2, -0.15) is 0 Å². The Labute approximate surface area is 141 Å². The summed E-state index contributed by atoms with van der Waals surface area (Å²) in [6.45, 7) is 2.85. The summed E-state index contributed by atoms with van der Waals surface area (Å²) in [7, 11) is 0. The van der Waals surface area contributed by atoms with Gasteiger partial charge in [0.1, 0.15) is 0 Å². The predicted molar refractivity (Wildman–Crippen MR) is 94.6 cm³/mol. The number of amides is 2. The van der Waals surface area contributed by atoms with E-state index in [1.165, 1.54) is 5.56 Å². The van der Waals surface area contributed by atoms with E-state index >= 15 is 0 Å². The second kappa shape index (κ2) is 5.78. The first-order valence-electron chi connectivity index (χ1n) is 8.52. The van der Waals surface area contributed by atoms with Gasteiger partial charge in [-0.15, -0.1) is 0 Å². The molecule has 0 saturated heterocycles. The summed E-state index contributed by atoms with van der Waals surface area (Å²) < 4.78 is 0. The summed E-state index contributed by atoms with van der Waals surface area (Å²) in [6, 6.07) is 11.8. The summed E-state index contributed by atoms with van der Waals surface area (Å²) in [5.41, 5.74) is 6.03. The highest BCUT2D eigenvalue weighted by molar-refractivity contribution is 6.06. The van der Waals surface area contributed by atoms with E-state index in [4.69, 9.17) is 0 Å². The molecule has 0 saturated carbocycles. The number of nitrogens with one attached hydrogen (secondary N) is 1. The quantitative estimate of drug-likeness (QED) is 0.943. The number of carbonyl (C=O) groups is 2. The second-order valence-corrected chi connectivity index (χ2v) is 6.44.